The van der Waals surface area contributed by atoms with E-state index in [1.807, 2.05) is 13.8 Å². The predicted octanol–water partition coefficient (Wildman–Crippen LogP) is 2.61. The minimum atomic E-state index is -0.820. The number of hydrogen-bond acceptors (Lipinski definition) is 2. The minimum absolute atomic E-state index is 0.00535. The van der Waals surface area contributed by atoms with Crippen LogP contribution in [0.5, 0.6) is 0 Å². The molecule has 0 rings (SSSR count). The highest BCUT2D eigenvalue weighted by molar-refractivity contribution is 5.74. The molecule has 0 saturated heterocycles. The van der Waals surface area contributed by atoms with Gasteiger partial charge in [-0.2, -0.15) is 0 Å². The van der Waals surface area contributed by atoms with Crippen LogP contribution in [0.15, 0.2) is 0 Å². The number of carbonyl (C=O) groups excluding carboxylic acids is 1. The first kappa shape index (κ1) is 17.7. The number of carbonyl (C=O) groups is 2. The van der Waals surface area contributed by atoms with E-state index >= 15 is 0 Å². The highest BCUT2D eigenvalue weighted by atomic mass is 16.4. The Bertz CT molecular complexity index is 280. The van der Waals surface area contributed by atoms with E-state index in [1.54, 1.807) is 0 Å². The summed E-state index contributed by atoms with van der Waals surface area (Å²) < 4.78 is 0. The third-order valence-corrected chi connectivity index (χ3v) is 3.15. The van der Waals surface area contributed by atoms with Gasteiger partial charge in [0, 0.05) is 19.0 Å². The molecular weight excluding hydrogens is 244 g/mol. The van der Waals surface area contributed by atoms with E-state index in [2.05, 4.69) is 24.5 Å². The molecule has 3 N–H and O–H groups in total. The van der Waals surface area contributed by atoms with Crippen LogP contribution in [-0.4, -0.2) is 29.7 Å². The second-order valence-corrected chi connectivity index (χ2v) is 5.60. The lowest BCUT2D eigenvalue weighted by Crippen LogP contribution is -2.42. The summed E-state index contributed by atoms with van der Waals surface area (Å²) in [5.74, 6) is -0.194. The minimum Gasteiger partial charge on any atom is -0.481 e. The third kappa shape index (κ3) is 10.4. The van der Waals surface area contributed by atoms with Crippen LogP contribution in [0.4, 0.5) is 4.79 Å². The third-order valence-electron chi connectivity index (χ3n) is 3.15. The van der Waals surface area contributed by atoms with Gasteiger partial charge in [0.05, 0.1) is 0 Å². The fourth-order valence-electron chi connectivity index (χ4n) is 1.78. The highest BCUT2D eigenvalue weighted by Crippen LogP contribution is 2.07. The van der Waals surface area contributed by atoms with E-state index < -0.39 is 5.97 Å². The van der Waals surface area contributed by atoms with Crippen molar-refractivity contribution < 1.29 is 14.7 Å². The van der Waals surface area contributed by atoms with Crippen LogP contribution in [0.25, 0.3) is 0 Å². The largest absolute Gasteiger partial charge is 0.481 e. The molecule has 0 saturated carbocycles. The second-order valence-electron chi connectivity index (χ2n) is 5.60. The Hall–Kier alpha value is -1.26. The molecule has 0 aromatic carbocycles. The number of nitrogens with one attached hydrogen (secondary N) is 2. The standard InChI is InChI=1S/C14H28N2O3/c1-5-12(8-13(17)18)9-15-14(19)16-11(4)7-6-10(2)3/h10-12H,5-9H2,1-4H3,(H,17,18)(H2,15,16,19). The predicted molar refractivity (Wildman–Crippen MR) is 76.1 cm³/mol. The fraction of sp³-hybridized carbons (Fsp3) is 0.857. The van der Waals surface area contributed by atoms with Crippen LogP contribution >= 0.6 is 0 Å². The average Bonchev–Trinajstić information content (AvgIpc) is 2.31. The Morgan fingerprint density at radius 1 is 1.16 bits per heavy atom. The summed E-state index contributed by atoms with van der Waals surface area (Å²) in [4.78, 5) is 22.2. The lowest BCUT2D eigenvalue weighted by molar-refractivity contribution is -0.138. The molecule has 2 unspecified atom stereocenters. The molecular formula is C14H28N2O3. The first-order chi connectivity index (χ1) is 8.85. The van der Waals surface area contributed by atoms with Crippen LogP contribution < -0.4 is 10.6 Å². The number of amides is 2. The van der Waals surface area contributed by atoms with Gasteiger partial charge in [-0.15, -0.1) is 0 Å². The topological polar surface area (TPSA) is 78.4 Å². The Morgan fingerprint density at radius 2 is 1.79 bits per heavy atom. The van der Waals surface area contributed by atoms with Crippen molar-refractivity contribution in [1.29, 1.82) is 0 Å². The SMILES string of the molecule is CCC(CNC(=O)NC(C)CCC(C)C)CC(=O)O. The number of aliphatic carboxylic acids is 1. The van der Waals surface area contributed by atoms with Gasteiger partial charge in [-0.3, -0.25) is 4.79 Å². The first-order valence-electron chi connectivity index (χ1n) is 7.11. The van der Waals surface area contributed by atoms with Crippen molar-refractivity contribution in [2.45, 2.75) is 59.4 Å². The Balaban J connectivity index is 3.87. The van der Waals surface area contributed by atoms with Crippen molar-refractivity contribution >= 4 is 12.0 Å². The molecule has 0 aromatic rings. The van der Waals surface area contributed by atoms with Crippen LogP contribution in [0.3, 0.4) is 0 Å². The molecule has 0 bridgehead atoms. The summed E-state index contributed by atoms with van der Waals surface area (Å²) in [6, 6.07) is -0.0676. The zero-order valence-electron chi connectivity index (χ0n) is 12.5. The van der Waals surface area contributed by atoms with Crippen LogP contribution in [-0.2, 0) is 4.79 Å². The van der Waals surface area contributed by atoms with Gasteiger partial charge in [-0.05, 0) is 31.6 Å². The monoisotopic (exact) mass is 272 g/mol. The van der Waals surface area contributed by atoms with Gasteiger partial charge in [0.1, 0.15) is 0 Å². The Morgan fingerprint density at radius 3 is 2.26 bits per heavy atom. The number of hydrogen-bond donors (Lipinski definition) is 3. The number of carboxylic acids is 1. The molecule has 19 heavy (non-hydrogen) atoms. The van der Waals surface area contributed by atoms with E-state index in [4.69, 9.17) is 5.11 Å². The van der Waals surface area contributed by atoms with Crippen LogP contribution in [0.1, 0.15) is 53.4 Å². The summed E-state index contributed by atoms with van der Waals surface area (Å²) in [6.07, 6.45) is 2.88. The molecule has 0 aromatic heterocycles. The average molecular weight is 272 g/mol. The van der Waals surface area contributed by atoms with Crippen molar-refractivity contribution in [3.8, 4) is 0 Å². The van der Waals surface area contributed by atoms with E-state index in [1.165, 1.54) is 0 Å². The molecule has 0 aliphatic heterocycles. The Labute approximate surface area is 116 Å². The first-order valence-corrected chi connectivity index (χ1v) is 7.11. The van der Waals surface area contributed by atoms with Gasteiger partial charge in [-0.1, -0.05) is 27.2 Å². The molecule has 5 heteroatoms. The van der Waals surface area contributed by atoms with Gasteiger partial charge in [0.2, 0.25) is 0 Å². The maximum Gasteiger partial charge on any atom is 0.315 e. The highest BCUT2D eigenvalue weighted by Gasteiger charge is 2.13. The molecule has 2 amide bonds. The van der Waals surface area contributed by atoms with Crippen LogP contribution in [0.2, 0.25) is 0 Å². The van der Waals surface area contributed by atoms with Gasteiger partial charge >= 0.3 is 12.0 Å². The summed E-state index contributed by atoms with van der Waals surface area (Å²) >= 11 is 0. The maximum absolute atomic E-state index is 11.6. The van der Waals surface area contributed by atoms with E-state index in [0.29, 0.717) is 12.5 Å². The summed E-state index contributed by atoms with van der Waals surface area (Å²) in [5.41, 5.74) is 0. The molecule has 0 aliphatic carbocycles. The Kier molecular flexibility index (Phi) is 9.00. The molecule has 2 atom stereocenters. The summed E-state index contributed by atoms with van der Waals surface area (Å²) in [5, 5.41) is 14.3. The zero-order chi connectivity index (χ0) is 14.8. The summed E-state index contributed by atoms with van der Waals surface area (Å²) in [6.45, 7) is 8.63. The molecule has 0 radical (unpaired) electrons. The van der Waals surface area contributed by atoms with E-state index in [-0.39, 0.29) is 24.4 Å². The second kappa shape index (κ2) is 9.64. The van der Waals surface area contributed by atoms with E-state index in [9.17, 15) is 9.59 Å². The van der Waals surface area contributed by atoms with Gasteiger partial charge in [0.15, 0.2) is 0 Å². The number of rotatable bonds is 9. The quantitative estimate of drug-likeness (QED) is 0.603. The summed E-state index contributed by atoms with van der Waals surface area (Å²) in [7, 11) is 0. The fourth-order valence-corrected chi connectivity index (χ4v) is 1.78. The van der Waals surface area contributed by atoms with Gasteiger partial charge < -0.3 is 15.7 Å². The lowest BCUT2D eigenvalue weighted by atomic mass is 10.0. The van der Waals surface area contributed by atoms with Gasteiger partial charge in [-0.25, -0.2) is 4.79 Å². The molecule has 0 fully saturated rings. The zero-order valence-corrected chi connectivity index (χ0v) is 12.5. The molecule has 0 heterocycles. The van der Waals surface area contributed by atoms with Crippen molar-refractivity contribution in [2.75, 3.05) is 6.54 Å². The smallest absolute Gasteiger partial charge is 0.315 e. The number of urea groups is 1. The number of carboxylic acid groups (broad SMARTS) is 1. The van der Waals surface area contributed by atoms with Crippen molar-refractivity contribution in [2.24, 2.45) is 11.8 Å². The lowest BCUT2D eigenvalue weighted by Gasteiger charge is -2.18. The van der Waals surface area contributed by atoms with Crippen molar-refractivity contribution in [1.82, 2.24) is 10.6 Å². The van der Waals surface area contributed by atoms with Crippen molar-refractivity contribution in [3.63, 3.8) is 0 Å². The normalized spacial score (nSPS) is 13.9. The van der Waals surface area contributed by atoms with Crippen molar-refractivity contribution in [3.05, 3.63) is 0 Å². The molecule has 5 nitrogen and oxygen atoms in total. The van der Waals surface area contributed by atoms with Crippen LogP contribution in [0, 0.1) is 11.8 Å². The maximum atomic E-state index is 11.6. The van der Waals surface area contributed by atoms with Gasteiger partial charge in [0.25, 0.3) is 0 Å². The van der Waals surface area contributed by atoms with E-state index in [0.717, 1.165) is 19.3 Å². The molecule has 112 valence electrons. The molecule has 0 aliphatic rings. The molecule has 0 spiro atoms.